The van der Waals surface area contributed by atoms with Crippen LogP contribution in [0.25, 0.3) is 0 Å². The van der Waals surface area contributed by atoms with Crippen molar-refractivity contribution >= 4 is 5.91 Å². The predicted octanol–water partition coefficient (Wildman–Crippen LogP) is 15.1. The number of hydrogen-bond acceptors (Lipinski definition) is 10. The quantitative estimate of drug-likeness (QED) is 0.0215. The van der Waals surface area contributed by atoms with Crippen molar-refractivity contribution in [1.29, 1.82) is 0 Å². The molecule has 9 unspecified atom stereocenters. The molecule has 1 saturated heterocycles. The smallest absolute Gasteiger partial charge is 0.249 e. The van der Waals surface area contributed by atoms with Crippen LogP contribution < -0.4 is 5.32 Å². The van der Waals surface area contributed by atoms with Crippen LogP contribution in [0.5, 0.6) is 0 Å². The molecule has 1 fully saturated rings. The Hall–Kier alpha value is -1.15. The van der Waals surface area contributed by atoms with E-state index in [1.54, 1.807) is 0 Å². The Balaban J connectivity index is 2.23. The molecule has 1 rings (SSSR count). The molecule has 0 spiro atoms. The highest BCUT2D eigenvalue weighted by molar-refractivity contribution is 5.80. The van der Waals surface area contributed by atoms with E-state index in [-0.39, 0.29) is 6.42 Å². The highest BCUT2D eigenvalue weighted by Crippen LogP contribution is 2.24. The summed E-state index contributed by atoms with van der Waals surface area (Å²) in [6, 6.07) is -1.17. The number of ether oxygens (including phenoxy) is 2. The van der Waals surface area contributed by atoms with E-state index < -0.39 is 74.2 Å². The monoisotopic (exact) mass is 1080 g/mol. The molecule has 0 aliphatic carbocycles. The number of unbranched alkanes of at least 4 members (excludes halogenated alkanes) is 44. The minimum atomic E-state index is -1.66. The van der Waals surface area contributed by atoms with E-state index in [0.29, 0.717) is 19.3 Å². The van der Waals surface area contributed by atoms with Crippen LogP contribution in [-0.4, -0.2) is 110 Å². The Morgan fingerprint density at radius 1 is 0.447 bits per heavy atom. The van der Waals surface area contributed by atoms with Gasteiger partial charge in [0.05, 0.1) is 25.4 Å². The summed E-state index contributed by atoms with van der Waals surface area (Å²) in [6.07, 6.45) is 54.2. The first kappa shape index (κ1) is 72.9. The molecular weight excluding hydrogens is 955 g/mol. The van der Waals surface area contributed by atoms with Crippen LogP contribution in [0.15, 0.2) is 12.2 Å². The second kappa shape index (κ2) is 54.4. The van der Waals surface area contributed by atoms with Gasteiger partial charge < -0.3 is 50.5 Å². The zero-order valence-corrected chi connectivity index (χ0v) is 49.8. The maximum Gasteiger partial charge on any atom is 0.249 e. The normalized spacial score (nSPS) is 19.6. The molecule has 9 atom stereocenters. The molecule has 8 N–H and O–H groups in total. The van der Waals surface area contributed by atoms with E-state index in [0.717, 1.165) is 38.5 Å². The van der Waals surface area contributed by atoms with Crippen LogP contribution in [0.2, 0.25) is 0 Å². The van der Waals surface area contributed by atoms with Gasteiger partial charge in [0.15, 0.2) is 6.29 Å². The molecule has 0 radical (unpaired) electrons. The average molecular weight is 1080 g/mol. The van der Waals surface area contributed by atoms with Crippen molar-refractivity contribution in [2.75, 3.05) is 13.2 Å². The first-order valence-corrected chi connectivity index (χ1v) is 33.1. The first-order chi connectivity index (χ1) is 37.2. The highest BCUT2D eigenvalue weighted by Gasteiger charge is 2.44. The summed E-state index contributed by atoms with van der Waals surface area (Å²) in [5.41, 5.74) is 0. The number of amides is 1. The van der Waals surface area contributed by atoms with Gasteiger partial charge >= 0.3 is 0 Å². The molecule has 76 heavy (non-hydrogen) atoms. The Kier molecular flexibility index (Phi) is 52.2. The van der Waals surface area contributed by atoms with Crippen LogP contribution in [0.4, 0.5) is 0 Å². The first-order valence-electron chi connectivity index (χ1n) is 33.1. The van der Waals surface area contributed by atoms with E-state index in [9.17, 15) is 40.5 Å². The minimum Gasteiger partial charge on any atom is -0.394 e. The van der Waals surface area contributed by atoms with E-state index >= 15 is 0 Å². The maximum absolute atomic E-state index is 13.2. The number of aliphatic hydroxyl groups excluding tert-OH is 7. The lowest BCUT2D eigenvalue weighted by Gasteiger charge is -2.40. The summed E-state index contributed by atoms with van der Waals surface area (Å²) in [6.45, 7) is 3.51. The van der Waals surface area contributed by atoms with Gasteiger partial charge in [0.2, 0.25) is 5.91 Å². The molecule has 11 nitrogen and oxygen atoms in total. The number of carbonyl (C=O) groups excluding carboxylic acids is 1. The lowest BCUT2D eigenvalue weighted by Crippen LogP contribution is -2.60. The fourth-order valence-corrected chi connectivity index (χ4v) is 11.0. The van der Waals surface area contributed by atoms with E-state index in [1.165, 1.54) is 250 Å². The molecule has 1 aliphatic rings. The van der Waals surface area contributed by atoms with Gasteiger partial charge in [-0.3, -0.25) is 4.79 Å². The molecule has 1 amide bonds. The lowest BCUT2D eigenvalue weighted by molar-refractivity contribution is -0.303. The van der Waals surface area contributed by atoms with Crippen LogP contribution in [0, 0.1) is 0 Å². The van der Waals surface area contributed by atoms with Crippen LogP contribution in [-0.2, 0) is 14.3 Å². The van der Waals surface area contributed by atoms with E-state index in [2.05, 4.69) is 31.3 Å². The summed E-state index contributed by atoms with van der Waals surface area (Å²) in [5.74, 6) is -0.691. The van der Waals surface area contributed by atoms with Gasteiger partial charge in [0, 0.05) is 0 Å². The minimum absolute atomic E-state index is 0.262. The van der Waals surface area contributed by atoms with Crippen LogP contribution in [0.3, 0.4) is 0 Å². The molecule has 1 aliphatic heterocycles. The van der Waals surface area contributed by atoms with E-state index in [1.807, 2.05) is 0 Å². The van der Waals surface area contributed by atoms with Gasteiger partial charge in [0.1, 0.15) is 36.6 Å². The van der Waals surface area contributed by atoms with Crippen molar-refractivity contribution in [2.45, 2.75) is 384 Å². The summed E-state index contributed by atoms with van der Waals surface area (Å²) in [7, 11) is 0. The lowest BCUT2D eigenvalue weighted by atomic mass is 9.98. The standard InChI is InChI=1S/C65H127NO10/c1-3-5-7-9-11-13-15-17-19-21-23-25-27-28-29-31-33-35-37-39-41-43-45-47-49-51-53-58(69)64(74)66-56(55-75-65-63(73)62(72)61(71)59(54-67)76-65)60(70)57(68)52-50-48-46-44-42-40-38-36-34-32-30-26-24-22-20-18-16-14-12-10-8-6-4-2/h28-29,56-63,65,67-73H,3-27,30-55H2,1-2H3,(H,66,74)/b29-28-. The summed E-state index contributed by atoms with van der Waals surface area (Å²) >= 11 is 0. The third-order valence-corrected chi connectivity index (χ3v) is 16.3. The molecular formula is C65H127NO10. The van der Waals surface area contributed by atoms with Gasteiger partial charge in [-0.2, -0.15) is 0 Å². The molecule has 0 bridgehead atoms. The zero-order chi connectivity index (χ0) is 55.4. The zero-order valence-electron chi connectivity index (χ0n) is 49.8. The SMILES string of the molecule is CCCCCCCCCCCCCC/C=C\CCCCCCCCCCCCC(O)C(=O)NC(COC1OC(CO)C(O)C(O)C1O)C(O)C(O)CCCCCCCCCCCCCCCCCCCCCCCCC. The fourth-order valence-electron chi connectivity index (χ4n) is 11.0. The largest absolute Gasteiger partial charge is 0.394 e. The summed E-state index contributed by atoms with van der Waals surface area (Å²) in [4.78, 5) is 13.2. The predicted molar refractivity (Wildman–Crippen MR) is 316 cm³/mol. The number of allylic oxidation sites excluding steroid dienone is 2. The van der Waals surface area contributed by atoms with Crippen LogP contribution in [0.1, 0.15) is 328 Å². The van der Waals surface area contributed by atoms with Gasteiger partial charge in [-0.25, -0.2) is 0 Å². The molecule has 11 heteroatoms. The number of rotatable bonds is 58. The van der Waals surface area contributed by atoms with Gasteiger partial charge in [-0.15, -0.1) is 0 Å². The van der Waals surface area contributed by atoms with Gasteiger partial charge in [-0.05, 0) is 38.5 Å². The summed E-state index contributed by atoms with van der Waals surface area (Å²) < 4.78 is 11.2. The van der Waals surface area contributed by atoms with Crippen molar-refractivity contribution in [1.82, 2.24) is 5.32 Å². The number of aliphatic hydroxyl groups is 7. The Morgan fingerprint density at radius 3 is 1.11 bits per heavy atom. The average Bonchev–Trinajstić information content (AvgIpc) is 3.42. The van der Waals surface area contributed by atoms with Crippen molar-refractivity contribution in [3.05, 3.63) is 12.2 Å². The molecule has 0 aromatic heterocycles. The van der Waals surface area contributed by atoms with Crippen LogP contribution >= 0.6 is 0 Å². The third-order valence-electron chi connectivity index (χ3n) is 16.3. The molecule has 0 aromatic rings. The fraction of sp³-hybridized carbons (Fsp3) is 0.954. The highest BCUT2D eigenvalue weighted by atomic mass is 16.7. The summed E-state index contributed by atoms with van der Waals surface area (Å²) in [5, 5.41) is 76.4. The molecule has 0 aromatic carbocycles. The number of carbonyl (C=O) groups is 1. The maximum atomic E-state index is 13.2. The van der Waals surface area contributed by atoms with Crippen molar-refractivity contribution in [3.63, 3.8) is 0 Å². The van der Waals surface area contributed by atoms with Gasteiger partial charge in [-0.1, -0.05) is 302 Å². The van der Waals surface area contributed by atoms with Crippen molar-refractivity contribution in [2.24, 2.45) is 0 Å². The Bertz CT molecular complexity index is 1240. The molecule has 1 heterocycles. The van der Waals surface area contributed by atoms with E-state index in [4.69, 9.17) is 9.47 Å². The molecule has 0 saturated carbocycles. The molecule has 452 valence electrons. The van der Waals surface area contributed by atoms with Gasteiger partial charge in [0.25, 0.3) is 0 Å². The number of hydrogen-bond donors (Lipinski definition) is 8. The van der Waals surface area contributed by atoms with Crippen molar-refractivity contribution in [3.8, 4) is 0 Å². The second-order valence-corrected chi connectivity index (χ2v) is 23.5. The Labute approximate surface area is 468 Å². The second-order valence-electron chi connectivity index (χ2n) is 23.5. The van der Waals surface area contributed by atoms with Crippen molar-refractivity contribution < 1.29 is 50.0 Å². The Morgan fingerprint density at radius 2 is 0.763 bits per heavy atom. The third kappa shape index (κ3) is 41.8. The topological polar surface area (TPSA) is 189 Å². The number of nitrogens with one attached hydrogen (secondary N) is 1.